The van der Waals surface area contributed by atoms with Gasteiger partial charge in [-0.05, 0) is 42.0 Å². The van der Waals surface area contributed by atoms with Gasteiger partial charge >= 0.3 is 0 Å². The zero-order valence-corrected chi connectivity index (χ0v) is 21.1. The number of amides is 2. The zero-order valence-electron chi connectivity index (χ0n) is 16.5. The summed E-state index contributed by atoms with van der Waals surface area (Å²) in [6, 6.07) is 9.19. The molecule has 6 nitrogen and oxygen atoms in total. The average molecular weight is 559 g/mol. The predicted molar refractivity (Wildman–Crippen MR) is 129 cm³/mol. The summed E-state index contributed by atoms with van der Waals surface area (Å²) in [5.74, 6) is -2.54. The molecule has 1 saturated carbocycles. The summed E-state index contributed by atoms with van der Waals surface area (Å²) >= 11 is 30.9. The number of anilines is 1. The van der Waals surface area contributed by atoms with Crippen molar-refractivity contribution < 1.29 is 18.0 Å². The van der Waals surface area contributed by atoms with E-state index in [1.807, 2.05) is 0 Å². The van der Waals surface area contributed by atoms with E-state index in [-0.39, 0.29) is 22.9 Å². The molecule has 0 radical (unpaired) electrons. The van der Waals surface area contributed by atoms with Crippen LogP contribution in [0.2, 0.25) is 15.1 Å². The summed E-state index contributed by atoms with van der Waals surface area (Å²) in [4.78, 5) is 25.2. The number of benzene rings is 2. The van der Waals surface area contributed by atoms with Gasteiger partial charge in [-0.3, -0.25) is 9.59 Å². The van der Waals surface area contributed by atoms with Gasteiger partial charge in [0.05, 0.1) is 22.3 Å². The average Bonchev–Trinajstić information content (AvgIpc) is 3.23. The molecule has 1 aliphatic rings. The molecule has 2 aromatic rings. The third-order valence-corrected chi connectivity index (χ3v) is 7.47. The highest BCUT2D eigenvalue weighted by Crippen LogP contribution is 2.65. The Hall–Kier alpha value is -1.22. The Kier molecular flexibility index (Phi) is 7.59. The van der Waals surface area contributed by atoms with Gasteiger partial charge < -0.3 is 10.6 Å². The maximum atomic E-state index is 12.8. The molecule has 12 heteroatoms. The van der Waals surface area contributed by atoms with E-state index in [1.165, 1.54) is 18.2 Å². The van der Waals surface area contributed by atoms with Gasteiger partial charge in [0.2, 0.25) is 5.91 Å². The Balaban J connectivity index is 1.72. The van der Waals surface area contributed by atoms with E-state index in [9.17, 15) is 18.0 Å². The zero-order chi connectivity index (χ0) is 23.8. The molecule has 0 saturated heterocycles. The Morgan fingerprint density at radius 3 is 2.25 bits per heavy atom. The largest absolute Gasteiger partial charge is 0.351 e. The third-order valence-electron chi connectivity index (χ3n) is 4.82. The van der Waals surface area contributed by atoms with Gasteiger partial charge in [0.15, 0.2) is 0 Å². The van der Waals surface area contributed by atoms with Crippen LogP contribution < -0.4 is 10.6 Å². The summed E-state index contributed by atoms with van der Waals surface area (Å²) in [5, 5.41) is 6.10. The van der Waals surface area contributed by atoms with Crippen molar-refractivity contribution >= 4 is 85.3 Å². The van der Waals surface area contributed by atoms with Crippen LogP contribution in [0.3, 0.4) is 0 Å². The fraction of sp³-hybridized carbons (Fsp3) is 0.300. The van der Waals surface area contributed by atoms with E-state index in [0.29, 0.717) is 21.3 Å². The van der Waals surface area contributed by atoms with Crippen LogP contribution >= 0.6 is 58.0 Å². The van der Waals surface area contributed by atoms with Crippen molar-refractivity contribution in [1.29, 1.82) is 0 Å². The molecule has 0 spiro atoms. The molecule has 32 heavy (non-hydrogen) atoms. The predicted octanol–water partition coefficient (Wildman–Crippen LogP) is 4.95. The number of halogens is 5. The first-order chi connectivity index (χ1) is 14.8. The third kappa shape index (κ3) is 6.01. The smallest absolute Gasteiger partial charge is 0.252 e. The molecule has 0 aromatic heterocycles. The first kappa shape index (κ1) is 25.4. The normalized spacial score (nSPS) is 19.3. The van der Waals surface area contributed by atoms with Crippen molar-refractivity contribution in [3.63, 3.8) is 0 Å². The Labute approximate surface area is 210 Å². The first-order valence-electron chi connectivity index (χ1n) is 9.20. The van der Waals surface area contributed by atoms with Crippen LogP contribution in [0.25, 0.3) is 0 Å². The van der Waals surface area contributed by atoms with Gasteiger partial charge in [-0.15, -0.1) is 23.2 Å². The van der Waals surface area contributed by atoms with Crippen molar-refractivity contribution in [2.24, 2.45) is 5.92 Å². The maximum absolute atomic E-state index is 12.8. The molecule has 172 valence electrons. The highest BCUT2D eigenvalue weighted by Gasteiger charge is 2.67. The van der Waals surface area contributed by atoms with Crippen LogP contribution in [0.4, 0.5) is 5.69 Å². The number of hydrogen-bond acceptors (Lipinski definition) is 4. The van der Waals surface area contributed by atoms with E-state index in [4.69, 9.17) is 58.0 Å². The monoisotopic (exact) mass is 556 g/mol. The van der Waals surface area contributed by atoms with Crippen molar-refractivity contribution in [3.8, 4) is 0 Å². The number of carbonyl (C=O) groups excluding carboxylic acids is 2. The van der Waals surface area contributed by atoms with Crippen LogP contribution in [0, 0.1) is 5.92 Å². The molecule has 1 aliphatic carbocycles. The minimum Gasteiger partial charge on any atom is -0.351 e. The van der Waals surface area contributed by atoms with Gasteiger partial charge in [-0.1, -0.05) is 34.8 Å². The second-order valence-electron chi connectivity index (χ2n) is 7.40. The summed E-state index contributed by atoms with van der Waals surface area (Å²) in [6.07, 6.45) is 1.07. The van der Waals surface area contributed by atoms with E-state index in [2.05, 4.69) is 10.6 Å². The number of hydrogen-bond donors (Lipinski definition) is 2. The topological polar surface area (TPSA) is 92.3 Å². The molecule has 1 fully saturated rings. The van der Waals surface area contributed by atoms with E-state index >= 15 is 0 Å². The Bertz CT molecular complexity index is 1170. The van der Waals surface area contributed by atoms with Crippen LogP contribution in [0.15, 0.2) is 36.4 Å². The second-order valence-corrected chi connectivity index (χ2v) is 12.4. The molecule has 2 N–H and O–H groups in total. The van der Waals surface area contributed by atoms with E-state index in [1.54, 1.807) is 18.2 Å². The highest BCUT2D eigenvalue weighted by atomic mass is 35.5. The molecule has 2 atom stereocenters. The summed E-state index contributed by atoms with van der Waals surface area (Å²) < 4.78 is 21.1. The summed E-state index contributed by atoms with van der Waals surface area (Å²) in [5.41, 5.74) is 1.01. The molecule has 0 heterocycles. The molecule has 2 amide bonds. The molecule has 3 rings (SSSR count). The van der Waals surface area contributed by atoms with Crippen molar-refractivity contribution in [1.82, 2.24) is 5.32 Å². The fourth-order valence-corrected chi connectivity index (χ4v) is 5.31. The van der Waals surface area contributed by atoms with Gasteiger partial charge in [0.25, 0.3) is 5.91 Å². The van der Waals surface area contributed by atoms with Crippen LogP contribution in [0.1, 0.15) is 21.8 Å². The lowest BCUT2D eigenvalue weighted by Crippen LogP contribution is -2.29. The molecule has 2 aromatic carbocycles. The van der Waals surface area contributed by atoms with Crippen LogP contribution in [-0.2, 0) is 14.6 Å². The van der Waals surface area contributed by atoms with Gasteiger partial charge in [0.1, 0.15) is 14.2 Å². The van der Waals surface area contributed by atoms with Crippen LogP contribution in [0.5, 0.6) is 0 Å². The quantitative estimate of drug-likeness (QED) is 0.471. The van der Waals surface area contributed by atoms with Gasteiger partial charge in [0, 0.05) is 34.5 Å². The molecule has 0 bridgehead atoms. The standard InChI is InChI=1S/C20H17Cl5N2O4S/c1-32(30,31)5-4-26-18(28)14-9-13(2-3-15(14)23)27-19(29)17-16(20(17,24)25)10-6-11(21)8-12(22)7-10/h2-3,6-9,16-17H,4-5H2,1H3,(H,26,28)(H,27,29)/t16-,17+/m0/s1. The van der Waals surface area contributed by atoms with Gasteiger partial charge in [-0.2, -0.15) is 0 Å². The SMILES string of the molecule is CS(=O)(=O)CCNC(=O)c1cc(NC(=O)[C@H]2[C@H](c3cc(Cl)cc(Cl)c3)C2(Cl)Cl)ccc1Cl. The molecule has 0 unspecified atom stereocenters. The van der Waals surface area contributed by atoms with Crippen molar-refractivity contribution in [2.45, 2.75) is 10.3 Å². The number of alkyl halides is 2. The number of carbonyl (C=O) groups is 2. The minimum absolute atomic E-state index is 0.0719. The van der Waals surface area contributed by atoms with Crippen molar-refractivity contribution in [2.75, 3.05) is 23.9 Å². The molecular weight excluding hydrogens is 542 g/mol. The Morgan fingerprint density at radius 1 is 1.03 bits per heavy atom. The Morgan fingerprint density at radius 2 is 1.66 bits per heavy atom. The van der Waals surface area contributed by atoms with E-state index in [0.717, 1.165) is 6.26 Å². The molecular formula is C20H17Cl5N2O4S. The minimum atomic E-state index is -3.23. The lowest BCUT2D eigenvalue weighted by molar-refractivity contribution is -0.117. The number of rotatable bonds is 7. The lowest BCUT2D eigenvalue weighted by Gasteiger charge is -2.10. The molecule has 0 aliphatic heterocycles. The maximum Gasteiger partial charge on any atom is 0.252 e. The number of nitrogens with one attached hydrogen (secondary N) is 2. The first-order valence-corrected chi connectivity index (χ1v) is 13.1. The van der Waals surface area contributed by atoms with Crippen LogP contribution in [-0.4, -0.2) is 43.1 Å². The van der Waals surface area contributed by atoms with Crippen molar-refractivity contribution in [3.05, 3.63) is 62.6 Å². The summed E-state index contributed by atoms with van der Waals surface area (Å²) in [7, 11) is -3.23. The van der Waals surface area contributed by atoms with Gasteiger partial charge in [-0.25, -0.2) is 8.42 Å². The van der Waals surface area contributed by atoms with E-state index < -0.39 is 37.8 Å². The second kappa shape index (κ2) is 9.57. The highest BCUT2D eigenvalue weighted by molar-refractivity contribution is 7.90. The number of sulfone groups is 1. The summed E-state index contributed by atoms with van der Waals surface area (Å²) in [6.45, 7) is -0.0719. The fourth-order valence-electron chi connectivity index (χ4n) is 3.26. The lowest BCUT2D eigenvalue weighted by atomic mass is 10.1.